The predicted octanol–water partition coefficient (Wildman–Crippen LogP) is 3.24. The molecule has 3 aromatic carbocycles. The molecule has 0 bridgehead atoms. The fourth-order valence-corrected chi connectivity index (χ4v) is 4.69. The Morgan fingerprint density at radius 2 is 1.46 bits per heavy atom. The summed E-state index contributed by atoms with van der Waals surface area (Å²) in [7, 11) is -2.29. The van der Waals surface area contributed by atoms with Crippen molar-refractivity contribution in [2.75, 3.05) is 30.7 Å². The lowest BCUT2D eigenvalue weighted by atomic mass is 10.1. The summed E-state index contributed by atoms with van der Waals surface area (Å²) < 4.78 is 32.2. The van der Waals surface area contributed by atoms with Crippen LogP contribution in [0.1, 0.15) is 18.1 Å². The number of amides is 2. The van der Waals surface area contributed by atoms with Crippen LogP contribution >= 0.6 is 0 Å². The van der Waals surface area contributed by atoms with Crippen LogP contribution in [0.15, 0.2) is 84.9 Å². The molecule has 1 unspecified atom stereocenters. The lowest BCUT2D eigenvalue weighted by molar-refractivity contribution is -0.138. The Morgan fingerprint density at radius 3 is 2.00 bits per heavy atom. The molecule has 8 nitrogen and oxygen atoms in total. The zero-order chi connectivity index (χ0) is 26.8. The van der Waals surface area contributed by atoms with E-state index < -0.39 is 28.5 Å². The van der Waals surface area contributed by atoms with Gasteiger partial charge in [-0.3, -0.25) is 13.9 Å². The number of nitrogens with zero attached hydrogens (tertiary/aromatic N) is 2. The number of nitrogens with one attached hydrogen (secondary N) is 1. The second-order valence-corrected chi connectivity index (χ2v) is 10.6. The highest BCUT2D eigenvalue weighted by Crippen LogP contribution is 2.23. The van der Waals surface area contributed by atoms with E-state index in [1.807, 2.05) is 60.7 Å². The van der Waals surface area contributed by atoms with Crippen LogP contribution in [0.5, 0.6) is 5.75 Å². The van der Waals surface area contributed by atoms with E-state index in [1.165, 1.54) is 11.9 Å². The lowest BCUT2D eigenvalue weighted by Crippen LogP contribution is -2.51. The molecule has 0 aliphatic carbocycles. The lowest BCUT2D eigenvalue weighted by Gasteiger charge is -2.31. The SMILES string of the molecule is CNC(=O)C(C)N(CCc1ccccc1)C(=O)CN(c1ccc(OCc2ccccc2)cc1)S(C)(=O)=O. The van der Waals surface area contributed by atoms with Gasteiger partial charge < -0.3 is 15.0 Å². The number of sulfonamides is 1. The van der Waals surface area contributed by atoms with Crippen LogP contribution in [0.3, 0.4) is 0 Å². The maximum atomic E-state index is 13.4. The van der Waals surface area contributed by atoms with Crippen LogP contribution in [-0.2, 0) is 32.6 Å². The standard InChI is InChI=1S/C28H33N3O5S/c1-22(28(33)29-2)30(19-18-23-10-6-4-7-11-23)27(32)20-31(37(3,34)35)25-14-16-26(17-15-25)36-21-24-12-8-5-9-13-24/h4-17,22H,18-21H2,1-3H3,(H,29,33). The number of carbonyl (C=O) groups excluding carboxylic acids is 2. The molecule has 0 spiro atoms. The Kier molecular flexibility index (Phi) is 9.68. The number of carbonyl (C=O) groups is 2. The molecule has 0 saturated heterocycles. The van der Waals surface area contributed by atoms with E-state index in [0.717, 1.165) is 21.7 Å². The second-order valence-electron chi connectivity index (χ2n) is 8.65. The predicted molar refractivity (Wildman–Crippen MR) is 145 cm³/mol. The summed E-state index contributed by atoms with van der Waals surface area (Å²) in [5, 5.41) is 2.56. The third-order valence-corrected chi connectivity index (χ3v) is 7.09. The van der Waals surface area contributed by atoms with Crippen LogP contribution in [0.25, 0.3) is 0 Å². The van der Waals surface area contributed by atoms with Gasteiger partial charge in [-0.15, -0.1) is 0 Å². The van der Waals surface area contributed by atoms with Crippen molar-refractivity contribution >= 4 is 27.5 Å². The zero-order valence-electron chi connectivity index (χ0n) is 21.3. The highest BCUT2D eigenvalue weighted by atomic mass is 32.2. The van der Waals surface area contributed by atoms with Crippen LogP contribution in [-0.4, -0.2) is 57.6 Å². The minimum atomic E-state index is -3.79. The molecule has 1 atom stereocenters. The molecule has 196 valence electrons. The maximum absolute atomic E-state index is 13.4. The summed E-state index contributed by atoms with van der Waals surface area (Å²) in [6.07, 6.45) is 1.58. The van der Waals surface area contributed by atoms with E-state index in [-0.39, 0.29) is 12.5 Å². The van der Waals surface area contributed by atoms with Crippen molar-refractivity contribution in [1.29, 1.82) is 0 Å². The van der Waals surface area contributed by atoms with Crippen molar-refractivity contribution in [3.8, 4) is 5.75 Å². The summed E-state index contributed by atoms with van der Waals surface area (Å²) in [5.74, 6) is -0.223. The Morgan fingerprint density at radius 1 is 0.892 bits per heavy atom. The van der Waals surface area contributed by atoms with E-state index in [0.29, 0.717) is 24.5 Å². The fourth-order valence-electron chi connectivity index (χ4n) is 3.84. The van der Waals surface area contributed by atoms with Crippen molar-refractivity contribution in [3.63, 3.8) is 0 Å². The third-order valence-electron chi connectivity index (χ3n) is 5.95. The molecule has 9 heteroatoms. The summed E-state index contributed by atoms with van der Waals surface area (Å²) in [6, 6.07) is 25.1. The second kappa shape index (κ2) is 12.9. The molecule has 0 aliphatic heterocycles. The summed E-state index contributed by atoms with van der Waals surface area (Å²) in [5.41, 5.74) is 2.35. The van der Waals surface area contributed by atoms with Crippen molar-refractivity contribution in [3.05, 3.63) is 96.1 Å². The van der Waals surface area contributed by atoms with E-state index in [1.54, 1.807) is 31.2 Å². The summed E-state index contributed by atoms with van der Waals surface area (Å²) >= 11 is 0. The van der Waals surface area contributed by atoms with Gasteiger partial charge in [0.1, 0.15) is 24.9 Å². The first-order chi connectivity index (χ1) is 17.7. The van der Waals surface area contributed by atoms with Crippen LogP contribution < -0.4 is 14.4 Å². The highest BCUT2D eigenvalue weighted by Gasteiger charge is 2.29. The van der Waals surface area contributed by atoms with Gasteiger partial charge in [0, 0.05) is 13.6 Å². The van der Waals surface area contributed by atoms with Gasteiger partial charge in [0.05, 0.1) is 11.9 Å². The highest BCUT2D eigenvalue weighted by molar-refractivity contribution is 7.92. The van der Waals surface area contributed by atoms with Gasteiger partial charge in [-0.2, -0.15) is 0 Å². The number of ether oxygens (including phenoxy) is 1. The van der Waals surface area contributed by atoms with Crippen molar-refractivity contribution in [2.24, 2.45) is 0 Å². The van der Waals surface area contributed by atoms with Gasteiger partial charge >= 0.3 is 0 Å². The molecule has 0 heterocycles. The first kappa shape index (κ1) is 27.7. The minimum Gasteiger partial charge on any atom is -0.489 e. The van der Waals surface area contributed by atoms with Gasteiger partial charge in [0.2, 0.25) is 21.8 Å². The average molecular weight is 524 g/mol. The molecular weight excluding hydrogens is 490 g/mol. The van der Waals surface area contributed by atoms with E-state index in [2.05, 4.69) is 5.32 Å². The Hall–Kier alpha value is -3.85. The van der Waals surface area contributed by atoms with E-state index in [4.69, 9.17) is 4.74 Å². The van der Waals surface area contributed by atoms with Gasteiger partial charge in [-0.1, -0.05) is 60.7 Å². The van der Waals surface area contributed by atoms with Crippen LogP contribution in [0.2, 0.25) is 0 Å². The monoisotopic (exact) mass is 523 g/mol. The smallest absolute Gasteiger partial charge is 0.244 e. The van der Waals surface area contributed by atoms with Gasteiger partial charge in [-0.05, 0) is 48.7 Å². The quantitative estimate of drug-likeness (QED) is 0.393. The number of anilines is 1. The minimum absolute atomic E-state index is 0.265. The molecule has 0 aromatic heterocycles. The first-order valence-electron chi connectivity index (χ1n) is 12.0. The number of hydrogen-bond donors (Lipinski definition) is 1. The van der Waals surface area contributed by atoms with Gasteiger partial charge in [0.15, 0.2) is 0 Å². The van der Waals surface area contributed by atoms with Crippen molar-refractivity contribution in [1.82, 2.24) is 10.2 Å². The molecule has 3 aromatic rings. The maximum Gasteiger partial charge on any atom is 0.244 e. The number of hydrogen-bond acceptors (Lipinski definition) is 5. The molecule has 3 rings (SSSR count). The largest absolute Gasteiger partial charge is 0.489 e. The van der Waals surface area contributed by atoms with Gasteiger partial charge in [0.25, 0.3) is 0 Å². The summed E-state index contributed by atoms with van der Waals surface area (Å²) in [6.45, 7) is 1.84. The first-order valence-corrected chi connectivity index (χ1v) is 13.8. The number of benzene rings is 3. The van der Waals surface area contributed by atoms with Gasteiger partial charge in [-0.25, -0.2) is 8.42 Å². The molecule has 1 N–H and O–H groups in total. The van der Waals surface area contributed by atoms with E-state index >= 15 is 0 Å². The summed E-state index contributed by atoms with van der Waals surface area (Å²) in [4.78, 5) is 27.2. The Balaban J connectivity index is 1.76. The van der Waals surface area contributed by atoms with Crippen LogP contribution in [0.4, 0.5) is 5.69 Å². The topological polar surface area (TPSA) is 96.0 Å². The van der Waals surface area contributed by atoms with Crippen LogP contribution in [0, 0.1) is 0 Å². The number of likely N-dealkylation sites (N-methyl/N-ethyl adjacent to an activating group) is 1. The van der Waals surface area contributed by atoms with E-state index in [9.17, 15) is 18.0 Å². The molecule has 0 fully saturated rings. The Labute approximate surface area is 218 Å². The Bertz CT molecular complexity index is 1270. The normalized spacial score (nSPS) is 11.9. The molecule has 37 heavy (non-hydrogen) atoms. The van der Waals surface area contributed by atoms with Crippen molar-refractivity contribution < 1.29 is 22.7 Å². The average Bonchev–Trinajstić information content (AvgIpc) is 2.91. The zero-order valence-corrected chi connectivity index (χ0v) is 22.1. The fraction of sp³-hybridized carbons (Fsp3) is 0.286. The molecular formula is C28H33N3O5S. The van der Waals surface area contributed by atoms with Crippen molar-refractivity contribution in [2.45, 2.75) is 26.0 Å². The number of rotatable bonds is 12. The molecule has 0 saturated carbocycles. The molecule has 0 radical (unpaired) electrons. The third kappa shape index (κ3) is 8.08. The molecule has 2 amide bonds. The molecule has 0 aliphatic rings.